The Morgan fingerprint density at radius 1 is 1.40 bits per heavy atom. The van der Waals surface area contributed by atoms with E-state index in [9.17, 15) is 0 Å². The Hall–Kier alpha value is -1.02. The van der Waals surface area contributed by atoms with E-state index in [1.807, 2.05) is 6.07 Å². The van der Waals surface area contributed by atoms with Gasteiger partial charge in [-0.05, 0) is 30.5 Å². The molecule has 0 aliphatic carbocycles. The van der Waals surface area contributed by atoms with Gasteiger partial charge >= 0.3 is 0 Å². The fourth-order valence-corrected chi connectivity index (χ4v) is 1.82. The molecule has 1 saturated heterocycles. The number of aryl methyl sites for hydroxylation is 1. The van der Waals surface area contributed by atoms with Crippen molar-refractivity contribution in [3.8, 4) is 5.75 Å². The van der Waals surface area contributed by atoms with Crippen LogP contribution in [0.2, 0.25) is 0 Å². The highest BCUT2D eigenvalue weighted by molar-refractivity contribution is 5.28. The van der Waals surface area contributed by atoms with E-state index in [0.717, 1.165) is 25.2 Å². The van der Waals surface area contributed by atoms with E-state index in [1.54, 1.807) is 0 Å². The third-order valence-corrected chi connectivity index (χ3v) is 2.89. The quantitative estimate of drug-likeness (QED) is 0.754. The second-order valence-corrected chi connectivity index (χ2v) is 3.94. The lowest BCUT2D eigenvalue weighted by Gasteiger charge is -2.36. The van der Waals surface area contributed by atoms with E-state index in [-0.39, 0.29) is 12.2 Å². The van der Waals surface area contributed by atoms with E-state index in [2.05, 4.69) is 32.0 Å². The van der Waals surface area contributed by atoms with E-state index < -0.39 is 0 Å². The van der Waals surface area contributed by atoms with Gasteiger partial charge in [0.05, 0.1) is 12.7 Å². The molecule has 0 bridgehead atoms. The standard InChI is InChI=1S/C13H18O2/c1-3-10-6-5-7-11(8-10)15-13-9-14-12(13)4-2/h5-8,12-13H,3-4,9H2,1-2H3. The van der Waals surface area contributed by atoms with Crippen LogP contribution in [0.15, 0.2) is 24.3 Å². The summed E-state index contributed by atoms with van der Waals surface area (Å²) >= 11 is 0. The molecule has 2 unspecified atom stereocenters. The third kappa shape index (κ3) is 2.32. The van der Waals surface area contributed by atoms with Gasteiger partial charge in [0.25, 0.3) is 0 Å². The van der Waals surface area contributed by atoms with Crippen molar-refractivity contribution in [3.05, 3.63) is 29.8 Å². The summed E-state index contributed by atoms with van der Waals surface area (Å²) in [5, 5.41) is 0. The maximum Gasteiger partial charge on any atom is 0.148 e. The topological polar surface area (TPSA) is 18.5 Å². The molecule has 1 fully saturated rings. The predicted molar refractivity (Wildman–Crippen MR) is 60.3 cm³/mol. The first kappa shape index (κ1) is 10.5. The van der Waals surface area contributed by atoms with Gasteiger partial charge in [-0.25, -0.2) is 0 Å². The summed E-state index contributed by atoms with van der Waals surface area (Å²) in [6, 6.07) is 8.31. The molecule has 1 heterocycles. The zero-order valence-electron chi connectivity index (χ0n) is 9.40. The molecule has 2 heteroatoms. The average Bonchev–Trinajstić information content (AvgIpc) is 2.25. The first-order valence-corrected chi connectivity index (χ1v) is 5.70. The second kappa shape index (κ2) is 4.67. The van der Waals surface area contributed by atoms with Crippen LogP contribution in [0.4, 0.5) is 0 Å². The Bertz CT molecular complexity index is 320. The molecule has 1 aliphatic rings. The van der Waals surface area contributed by atoms with Gasteiger partial charge in [-0.2, -0.15) is 0 Å². The van der Waals surface area contributed by atoms with Crippen LogP contribution in [0.1, 0.15) is 25.8 Å². The van der Waals surface area contributed by atoms with Crippen LogP contribution in [-0.2, 0) is 11.2 Å². The van der Waals surface area contributed by atoms with Crippen molar-refractivity contribution in [1.29, 1.82) is 0 Å². The zero-order chi connectivity index (χ0) is 10.7. The predicted octanol–water partition coefficient (Wildman–Crippen LogP) is 2.81. The van der Waals surface area contributed by atoms with Crippen molar-refractivity contribution in [2.24, 2.45) is 0 Å². The molecule has 15 heavy (non-hydrogen) atoms. The molecule has 2 rings (SSSR count). The van der Waals surface area contributed by atoms with Crippen molar-refractivity contribution >= 4 is 0 Å². The van der Waals surface area contributed by atoms with E-state index in [0.29, 0.717) is 0 Å². The summed E-state index contributed by atoms with van der Waals surface area (Å²) in [5.41, 5.74) is 1.32. The van der Waals surface area contributed by atoms with Gasteiger partial charge in [0.15, 0.2) is 0 Å². The number of ether oxygens (including phenoxy) is 2. The molecule has 0 radical (unpaired) electrons. The minimum absolute atomic E-state index is 0.252. The highest BCUT2D eigenvalue weighted by Crippen LogP contribution is 2.23. The summed E-state index contributed by atoms with van der Waals surface area (Å²) in [6.45, 7) is 5.01. The first-order chi connectivity index (χ1) is 7.33. The Labute approximate surface area is 91.2 Å². The molecule has 2 atom stereocenters. The van der Waals surface area contributed by atoms with Gasteiger partial charge in [-0.3, -0.25) is 0 Å². The van der Waals surface area contributed by atoms with Crippen molar-refractivity contribution in [2.45, 2.75) is 38.9 Å². The Morgan fingerprint density at radius 2 is 2.27 bits per heavy atom. The molecular weight excluding hydrogens is 188 g/mol. The average molecular weight is 206 g/mol. The van der Waals surface area contributed by atoms with Crippen LogP contribution in [-0.4, -0.2) is 18.8 Å². The number of benzene rings is 1. The van der Waals surface area contributed by atoms with Gasteiger partial charge in [0, 0.05) is 0 Å². The van der Waals surface area contributed by atoms with Crippen LogP contribution in [0.5, 0.6) is 5.75 Å². The smallest absolute Gasteiger partial charge is 0.148 e. The maximum absolute atomic E-state index is 5.87. The first-order valence-electron chi connectivity index (χ1n) is 5.70. The number of hydrogen-bond donors (Lipinski definition) is 0. The van der Waals surface area contributed by atoms with Crippen LogP contribution in [0, 0.1) is 0 Å². The summed E-state index contributed by atoms with van der Waals surface area (Å²) in [4.78, 5) is 0. The Balaban J connectivity index is 1.98. The van der Waals surface area contributed by atoms with Crippen molar-refractivity contribution in [2.75, 3.05) is 6.61 Å². The van der Waals surface area contributed by atoms with Crippen molar-refractivity contribution in [3.63, 3.8) is 0 Å². The molecule has 0 saturated carbocycles. The lowest BCUT2D eigenvalue weighted by atomic mass is 10.1. The van der Waals surface area contributed by atoms with Gasteiger partial charge in [-0.1, -0.05) is 26.0 Å². The SMILES string of the molecule is CCc1cccc(OC2COC2CC)c1. The fraction of sp³-hybridized carbons (Fsp3) is 0.538. The van der Waals surface area contributed by atoms with Crippen molar-refractivity contribution < 1.29 is 9.47 Å². The molecule has 0 aromatic heterocycles. The summed E-state index contributed by atoms with van der Waals surface area (Å²) in [6.07, 6.45) is 2.62. The lowest BCUT2D eigenvalue weighted by Crippen LogP contribution is -2.48. The number of rotatable bonds is 4. The highest BCUT2D eigenvalue weighted by Gasteiger charge is 2.32. The minimum atomic E-state index is 0.252. The molecule has 1 aromatic rings. The Kier molecular flexibility index (Phi) is 3.27. The lowest BCUT2D eigenvalue weighted by molar-refractivity contribution is -0.150. The van der Waals surface area contributed by atoms with E-state index >= 15 is 0 Å². The molecule has 0 spiro atoms. The van der Waals surface area contributed by atoms with Crippen LogP contribution < -0.4 is 4.74 Å². The van der Waals surface area contributed by atoms with Gasteiger partial charge in [0.1, 0.15) is 11.9 Å². The number of hydrogen-bond acceptors (Lipinski definition) is 2. The van der Waals surface area contributed by atoms with E-state index in [4.69, 9.17) is 9.47 Å². The summed E-state index contributed by atoms with van der Waals surface area (Å²) < 4.78 is 11.3. The van der Waals surface area contributed by atoms with Gasteiger partial charge < -0.3 is 9.47 Å². The zero-order valence-corrected chi connectivity index (χ0v) is 9.40. The second-order valence-electron chi connectivity index (χ2n) is 3.94. The van der Waals surface area contributed by atoms with Crippen molar-refractivity contribution in [1.82, 2.24) is 0 Å². The molecule has 82 valence electrons. The van der Waals surface area contributed by atoms with Crippen LogP contribution in [0.25, 0.3) is 0 Å². The molecule has 2 nitrogen and oxygen atoms in total. The third-order valence-electron chi connectivity index (χ3n) is 2.89. The van der Waals surface area contributed by atoms with E-state index in [1.165, 1.54) is 5.56 Å². The van der Waals surface area contributed by atoms with Crippen LogP contribution in [0.3, 0.4) is 0 Å². The molecule has 0 amide bonds. The Morgan fingerprint density at radius 3 is 2.87 bits per heavy atom. The van der Waals surface area contributed by atoms with Crippen LogP contribution >= 0.6 is 0 Å². The van der Waals surface area contributed by atoms with Gasteiger partial charge in [-0.15, -0.1) is 0 Å². The largest absolute Gasteiger partial charge is 0.485 e. The summed E-state index contributed by atoms with van der Waals surface area (Å²) in [7, 11) is 0. The summed E-state index contributed by atoms with van der Waals surface area (Å²) in [5.74, 6) is 0.973. The monoisotopic (exact) mass is 206 g/mol. The molecule has 0 N–H and O–H groups in total. The minimum Gasteiger partial charge on any atom is -0.485 e. The molecule has 1 aromatic carbocycles. The van der Waals surface area contributed by atoms with Gasteiger partial charge in [0.2, 0.25) is 0 Å². The highest BCUT2D eigenvalue weighted by atomic mass is 16.6. The molecule has 1 aliphatic heterocycles. The molecular formula is C13H18O2. The maximum atomic E-state index is 5.87. The fourth-order valence-electron chi connectivity index (χ4n) is 1.82. The normalized spacial score (nSPS) is 24.7.